The summed E-state index contributed by atoms with van der Waals surface area (Å²) in [7, 11) is 0. The molecular formula is C15H20N2O2. The van der Waals surface area contributed by atoms with Gasteiger partial charge in [-0.1, -0.05) is 20.3 Å². The van der Waals surface area contributed by atoms with Crippen LogP contribution in [0.1, 0.15) is 32.3 Å². The summed E-state index contributed by atoms with van der Waals surface area (Å²) in [6.45, 7) is 4.92. The Morgan fingerprint density at radius 3 is 2.68 bits per heavy atom. The minimum Gasteiger partial charge on any atom is -0.371 e. The van der Waals surface area contributed by atoms with Crippen molar-refractivity contribution >= 4 is 11.6 Å². The first-order chi connectivity index (χ1) is 9.15. The van der Waals surface area contributed by atoms with Crippen LogP contribution in [0.5, 0.6) is 0 Å². The molecule has 0 fully saturated rings. The normalized spacial score (nSPS) is 11.6. The van der Waals surface area contributed by atoms with Crippen LogP contribution in [-0.2, 0) is 9.53 Å². The van der Waals surface area contributed by atoms with Gasteiger partial charge in [0.2, 0.25) is 5.91 Å². The maximum absolute atomic E-state index is 11.6. The molecule has 0 aliphatic carbocycles. The lowest BCUT2D eigenvalue weighted by atomic mass is 10.1. The maximum Gasteiger partial charge on any atom is 0.250 e. The van der Waals surface area contributed by atoms with Gasteiger partial charge in [-0.2, -0.15) is 5.26 Å². The zero-order chi connectivity index (χ0) is 14.1. The highest BCUT2D eigenvalue weighted by Crippen LogP contribution is 2.09. The zero-order valence-corrected chi connectivity index (χ0v) is 11.5. The molecule has 0 radical (unpaired) electrons. The SMILES string of the molecule is CCCC(C)COCC(=O)Nc1ccc(C#N)cc1. The van der Waals surface area contributed by atoms with E-state index in [1.807, 2.05) is 6.07 Å². The highest BCUT2D eigenvalue weighted by atomic mass is 16.5. The molecular weight excluding hydrogens is 240 g/mol. The topological polar surface area (TPSA) is 62.1 Å². The fraction of sp³-hybridized carbons (Fsp3) is 0.467. The number of amides is 1. The van der Waals surface area contributed by atoms with Crippen molar-refractivity contribution in [3.8, 4) is 6.07 Å². The summed E-state index contributed by atoms with van der Waals surface area (Å²) < 4.78 is 5.36. The average Bonchev–Trinajstić information content (AvgIpc) is 2.40. The largest absolute Gasteiger partial charge is 0.371 e. The highest BCUT2D eigenvalue weighted by Gasteiger charge is 2.05. The molecule has 0 spiro atoms. The summed E-state index contributed by atoms with van der Waals surface area (Å²) in [5.41, 5.74) is 1.25. The number of hydrogen-bond donors (Lipinski definition) is 1. The summed E-state index contributed by atoms with van der Waals surface area (Å²) in [4.78, 5) is 11.6. The predicted molar refractivity (Wildman–Crippen MR) is 74.7 cm³/mol. The lowest BCUT2D eigenvalue weighted by molar-refractivity contribution is -0.121. The minimum atomic E-state index is -0.173. The summed E-state index contributed by atoms with van der Waals surface area (Å²) >= 11 is 0. The molecule has 0 saturated carbocycles. The Hall–Kier alpha value is -1.86. The first-order valence-corrected chi connectivity index (χ1v) is 6.53. The van der Waals surface area contributed by atoms with Crippen LogP contribution in [0.25, 0.3) is 0 Å². The van der Waals surface area contributed by atoms with Gasteiger partial charge in [-0.15, -0.1) is 0 Å². The lowest BCUT2D eigenvalue weighted by Crippen LogP contribution is -2.20. The van der Waals surface area contributed by atoms with Crippen molar-refractivity contribution in [1.82, 2.24) is 0 Å². The molecule has 1 N–H and O–H groups in total. The summed E-state index contributed by atoms with van der Waals surface area (Å²) in [5, 5.41) is 11.4. The molecule has 0 aliphatic heterocycles. The third kappa shape index (κ3) is 6.03. The molecule has 4 heteroatoms. The molecule has 0 aliphatic rings. The number of hydrogen-bond acceptors (Lipinski definition) is 3. The van der Waals surface area contributed by atoms with Crippen LogP contribution in [0.2, 0.25) is 0 Å². The van der Waals surface area contributed by atoms with Crippen molar-refractivity contribution < 1.29 is 9.53 Å². The Balaban J connectivity index is 2.29. The standard InChI is InChI=1S/C15H20N2O2/c1-3-4-12(2)10-19-11-15(18)17-14-7-5-13(9-16)6-8-14/h5-8,12H,3-4,10-11H2,1-2H3,(H,17,18). The van der Waals surface area contributed by atoms with Gasteiger partial charge in [0.05, 0.1) is 11.6 Å². The quantitative estimate of drug-likeness (QED) is 0.819. The number of nitrogens with zero attached hydrogens (tertiary/aromatic N) is 1. The third-order valence-electron chi connectivity index (χ3n) is 2.71. The smallest absolute Gasteiger partial charge is 0.250 e. The second-order valence-corrected chi connectivity index (χ2v) is 4.65. The molecule has 1 rings (SSSR count). The average molecular weight is 260 g/mol. The minimum absolute atomic E-state index is 0.0635. The second kappa shape index (κ2) is 8.28. The van der Waals surface area contributed by atoms with Crippen LogP contribution in [0.15, 0.2) is 24.3 Å². The third-order valence-corrected chi connectivity index (χ3v) is 2.71. The van der Waals surface area contributed by atoms with E-state index in [1.54, 1.807) is 24.3 Å². The van der Waals surface area contributed by atoms with Gasteiger partial charge in [-0.3, -0.25) is 4.79 Å². The van der Waals surface area contributed by atoms with Gasteiger partial charge in [0.25, 0.3) is 0 Å². The molecule has 0 heterocycles. The monoisotopic (exact) mass is 260 g/mol. The van der Waals surface area contributed by atoms with Crippen molar-refractivity contribution in [2.45, 2.75) is 26.7 Å². The summed E-state index contributed by atoms with van der Waals surface area (Å²) in [6, 6.07) is 8.77. The molecule has 1 unspecified atom stereocenters. The molecule has 1 aromatic rings. The number of ether oxygens (including phenoxy) is 1. The van der Waals surface area contributed by atoms with E-state index in [0.717, 1.165) is 12.8 Å². The molecule has 19 heavy (non-hydrogen) atoms. The van der Waals surface area contributed by atoms with Gasteiger partial charge in [-0.25, -0.2) is 0 Å². The Kier molecular flexibility index (Phi) is 6.62. The number of nitriles is 1. The van der Waals surface area contributed by atoms with E-state index in [-0.39, 0.29) is 12.5 Å². The number of anilines is 1. The van der Waals surface area contributed by atoms with Crippen LogP contribution in [-0.4, -0.2) is 19.1 Å². The van der Waals surface area contributed by atoms with E-state index in [0.29, 0.717) is 23.8 Å². The van der Waals surface area contributed by atoms with Crippen LogP contribution < -0.4 is 5.32 Å². The van der Waals surface area contributed by atoms with Crippen molar-refractivity contribution in [3.63, 3.8) is 0 Å². The Labute approximate surface area is 114 Å². The van der Waals surface area contributed by atoms with Gasteiger partial charge < -0.3 is 10.1 Å². The Morgan fingerprint density at radius 1 is 1.42 bits per heavy atom. The molecule has 0 bridgehead atoms. The van der Waals surface area contributed by atoms with E-state index in [2.05, 4.69) is 19.2 Å². The van der Waals surface area contributed by atoms with Crippen molar-refractivity contribution in [3.05, 3.63) is 29.8 Å². The maximum atomic E-state index is 11.6. The number of benzene rings is 1. The predicted octanol–water partition coefficient (Wildman–Crippen LogP) is 2.95. The number of rotatable bonds is 7. The molecule has 1 aromatic carbocycles. The molecule has 0 saturated heterocycles. The first-order valence-electron chi connectivity index (χ1n) is 6.53. The number of carbonyl (C=O) groups excluding carboxylic acids is 1. The van der Waals surface area contributed by atoms with E-state index < -0.39 is 0 Å². The fourth-order valence-corrected chi connectivity index (χ4v) is 1.75. The lowest BCUT2D eigenvalue weighted by Gasteiger charge is -2.10. The van der Waals surface area contributed by atoms with Crippen molar-refractivity contribution in [1.29, 1.82) is 5.26 Å². The second-order valence-electron chi connectivity index (χ2n) is 4.65. The molecule has 1 atom stereocenters. The van der Waals surface area contributed by atoms with Gasteiger partial charge in [-0.05, 0) is 36.6 Å². The van der Waals surface area contributed by atoms with Crippen molar-refractivity contribution in [2.24, 2.45) is 5.92 Å². The first kappa shape index (κ1) is 15.2. The summed E-state index contributed by atoms with van der Waals surface area (Å²) in [6.07, 6.45) is 2.24. The Bertz CT molecular complexity index is 434. The number of nitrogens with one attached hydrogen (secondary N) is 1. The van der Waals surface area contributed by atoms with Crippen LogP contribution in [0.3, 0.4) is 0 Å². The van der Waals surface area contributed by atoms with Crippen LogP contribution in [0, 0.1) is 17.2 Å². The van der Waals surface area contributed by atoms with Gasteiger partial charge in [0.15, 0.2) is 0 Å². The van der Waals surface area contributed by atoms with Gasteiger partial charge in [0.1, 0.15) is 6.61 Å². The van der Waals surface area contributed by atoms with E-state index in [1.165, 1.54) is 0 Å². The molecule has 102 valence electrons. The molecule has 0 aromatic heterocycles. The highest BCUT2D eigenvalue weighted by molar-refractivity contribution is 5.91. The van der Waals surface area contributed by atoms with Crippen molar-refractivity contribution in [2.75, 3.05) is 18.5 Å². The van der Waals surface area contributed by atoms with E-state index in [4.69, 9.17) is 10.00 Å². The summed E-state index contributed by atoms with van der Waals surface area (Å²) in [5.74, 6) is 0.307. The van der Waals surface area contributed by atoms with Crippen LogP contribution in [0.4, 0.5) is 5.69 Å². The Morgan fingerprint density at radius 2 is 2.11 bits per heavy atom. The van der Waals surface area contributed by atoms with Crippen LogP contribution >= 0.6 is 0 Å². The molecule has 1 amide bonds. The van der Waals surface area contributed by atoms with E-state index in [9.17, 15) is 4.79 Å². The van der Waals surface area contributed by atoms with Gasteiger partial charge in [0, 0.05) is 12.3 Å². The molecule has 4 nitrogen and oxygen atoms in total. The number of carbonyl (C=O) groups is 1. The van der Waals surface area contributed by atoms with Gasteiger partial charge >= 0.3 is 0 Å². The zero-order valence-electron chi connectivity index (χ0n) is 11.5. The fourth-order valence-electron chi connectivity index (χ4n) is 1.75. The van der Waals surface area contributed by atoms with E-state index >= 15 is 0 Å².